The molecule has 2 amide bonds. The number of benzene rings is 1. The van der Waals surface area contributed by atoms with Gasteiger partial charge in [-0.1, -0.05) is 18.6 Å². The van der Waals surface area contributed by atoms with Gasteiger partial charge in [0.15, 0.2) is 0 Å². The zero-order valence-electron chi connectivity index (χ0n) is 17.5. The summed E-state index contributed by atoms with van der Waals surface area (Å²) in [4.78, 5) is 28.1. The molecule has 1 heterocycles. The van der Waals surface area contributed by atoms with E-state index in [1.807, 2.05) is 25.7 Å². The molecular weight excluding hydrogens is 383 g/mol. The van der Waals surface area contributed by atoms with Gasteiger partial charge in [-0.15, -0.1) is 0 Å². The molecule has 1 atom stereocenters. The normalized spacial score (nSPS) is 18.4. The number of nitrogens with zero attached hydrogens (tertiary/aromatic N) is 2. The highest BCUT2D eigenvalue weighted by atomic mass is 19.4. The van der Waals surface area contributed by atoms with Crippen molar-refractivity contribution in [3.8, 4) is 0 Å². The quantitative estimate of drug-likeness (QED) is 0.803. The molecule has 5 nitrogen and oxygen atoms in total. The highest BCUT2D eigenvalue weighted by molar-refractivity contribution is 5.85. The Bertz CT molecular complexity index is 711. The molecule has 1 aromatic rings. The van der Waals surface area contributed by atoms with Crippen molar-refractivity contribution in [2.75, 3.05) is 26.7 Å². The van der Waals surface area contributed by atoms with Crippen LogP contribution in [0.5, 0.6) is 0 Å². The number of alkyl halides is 3. The third-order valence-corrected chi connectivity index (χ3v) is 4.90. The topological polar surface area (TPSA) is 52.7 Å². The minimum absolute atomic E-state index is 0.0328. The van der Waals surface area contributed by atoms with Crippen LogP contribution >= 0.6 is 0 Å². The van der Waals surface area contributed by atoms with Gasteiger partial charge in [0, 0.05) is 18.6 Å². The third kappa shape index (κ3) is 7.03. The van der Waals surface area contributed by atoms with Crippen molar-refractivity contribution in [2.24, 2.45) is 0 Å². The predicted molar refractivity (Wildman–Crippen MR) is 105 cm³/mol. The Morgan fingerprint density at radius 3 is 2.31 bits per heavy atom. The summed E-state index contributed by atoms with van der Waals surface area (Å²) in [5, 5.41) is 2.82. The summed E-state index contributed by atoms with van der Waals surface area (Å²) in [6.45, 7) is 6.40. The van der Waals surface area contributed by atoms with Crippen molar-refractivity contribution < 1.29 is 22.8 Å². The number of amides is 2. The number of rotatable bonds is 5. The number of carbonyl (C=O) groups excluding carboxylic acids is 2. The van der Waals surface area contributed by atoms with Crippen LogP contribution in [0.25, 0.3) is 0 Å². The molecule has 0 spiro atoms. The van der Waals surface area contributed by atoms with Gasteiger partial charge < -0.3 is 10.2 Å². The summed E-state index contributed by atoms with van der Waals surface area (Å²) in [5.74, 6) is -0.417. The smallest absolute Gasteiger partial charge is 0.350 e. The van der Waals surface area contributed by atoms with E-state index in [1.54, 1.807) is 7.05 Å². The summed E-state index contributed by atoms with van der Waals surface area (Å²) in [5.41, 5.74) is -0.274. The van der Waals surface area contributed by atoms with Crippen LogP contribution < -0.4 is 5.32 Å². The molecule has 162 valence electrons. The molecule has 2 rings (SSSR count). The highest BCUT2D eigenvalue weighted by Gasteiger charge is 2.31. The molecule has 8 heteroatoms. The number of nitrogens with one attached hydrogen (secondary N) is 1. The SMILES string of the molecule is CN(CC(=O)NC(C)(C)C)C(=O)CN1CCCCC1c1ccc(C(F)(F)F)cc1. The molecule has 1 unspecified atom stereocenters. The average molecular weight is 413 g/mol. The van der Waals surface area contributed by atoms with Crippen molar-refractivity contribution in [1.29, 1.82) is 0 Å². The Balaban J connectivity index is 2.02. The summed E-state index contributed by atoms with van der Waals surface area (Å²) in [6, 6.07) is 5.07. The molecule has 1 aliphatic rings. The lowest BCUT2D eigenvalue weighted by Gasteiger charge is -2.36. The van der Waals surface area contributed by atoms with Crippen molar-refractivity contribution in [1.82, 2.24) is 15.1 Å². The molecule has 0 aromatic heterocycles. The lowest BCUT2D eigenvalue weighted by Crippen LogP contribution is -2.48. The fraction of sp³-hybridized carbons (Fsp3) is 0.619. The second-order valence-electron chi connectivity index (χ2n) is 8.65. The largest absolute Gasteiger partial charge is 0.416 e. The van der Waals surface area contributed by atoms with Gasteiger partial charge in [-0.2, -0.15) is 13.2 Å². The molecule has 0 saturated carbocycles. The fourth-order valence-electron chi connectivity index (χ4n) is 3.51. The van der Waals surface area contributed by atoms with Gasteiger partial charge in [0.2, 0.25) is 11.8 Å². The van der Waals surface area contributed by atoms with Crippen LogP contribution in [0.15, 0.2) is 24.3 Å². The maximum atomic E-state index is 12.8. The van der Waals surface area contributed by atoms with Gasteiger partial charge >= 0.3 is 6.18 Å². The van der Waals surface area contributed by atoms with Crippen molar-refractivity contribution >= 4 is 11.8 Å². The number of carbonyl (C=O) groups is 2. The lowest BCUT2D eigenvalue weighted by atomic mass is 9.94. The molecule has 1 aliphatic heterocycles. The molecule has 0 aliphatic carbocycles. The van der Waals surface area contributed by atoms with E-state index in [2.05, 4.69) is 5.32 Å². The van der Waals surface area contributed by atoms with Crippen LogP contribution in [0, 0.1) is 0 Å². The second-order valence-corrected chi connectivity index (χ2v) is 8.65. The summed E-state index contributed by atoms with van der Waals surface area (Å²) < 4.78 is 38.4. The summed E-state index contributed by atoms with van der Waals surface area (Å²) in [6.07, 6.45) is -1.69. The van der Waals surface area contributed by atoms with E-state index in [9.17, 15) is 22.8 Å². The third-order valence-electron chi connectivity index (χ3n) is 4.90. The first-order valence-electron chi connectivity index (χ1n) is 9.83. The van der Waals surface area contributed by atoms with E-state index >= 15 is 0 Å². The average Bonchev–Trinajstić information content (AvgIpc) is 2.59. The van der Waals surface area contributed by atoms with E-state index in [0.29, 0.717) is 6.54 Å². The molecule has 0 radical (unpaired) electrons. The van der Waals surface area contributed by atoms with E-state index in [-0.39, 0.29) is 36.5 Å². The number of likely N-dealkylation sites (tertiary alicyclic amines) is 1. The van der Waals surface area contributed by atoms with Crippen LogP contribution in [0.1, 0.15) is 57.2 Å². The highest BCUT2D eigenvalue weighted by Crippen LogP contribution is 2.34. The Morgan fingerprint density at radius 1 is 1.14 bits per heavy atom. The van der Waals surface area contributed by atoms with Crippen molar-refractivity contribution in [3.05, 3.63) is 35.4 Å². The molecule has 1 aromatic carbocycles. The minimum atomic E-state index is -4.36. The first kappa shape index (κ1) is 23.2. The minimum Gasteiger partial charge on any atom is -0.350 e. The van der Waals surface area contributed by atoms with Gasteiger partial charge in [-0.3, -0.25) is 14.5 Å². The molecule has 1 fully saturated rings. The molecule has 0 bridgehead atoms. The number of likely N-dealkylation sites (N-methyl/N-ethyl adjacent to an activating group) is 1. The second kappa shape index (κ2) is 9.15. The van der Waals surface area contributed by atoms with Crippen LogP contribution in [0.4, 0.5) is 13.2 Å². The zero-order valence-corrected chi connectivity index (χ0v) is 17.5. The number of hydrogen-bond acceptors (Lipinski definition) is 3. The van der Waals surface area contributed by atoms with Gasteiger partial charge in [0.05, 0.1) is 18.7 Å². The van der Waals surface area contributed by atoms with Crippen LogP contribution in [0.2, 0.25) is 0 Å². The van der Waals surface area contributed by atoms with Crippen LogP contribution in [-0.4, -0.2) is 53.8 Å². The Hall–Kier alpha value is -2.09. The van der Waals surface area contributed by atoms with Crippen molar-refractivity contribution in [3.63, 3.8) is 0 Å². The van der Waals surface area contributed by atoms with Gasteiger partial charge in [0.1, 0.15) is 0 Å². The summed E-state index contributed by atoms with van der Waals surface area (Å²) in [7, 11) is 1.58. The van der Waals surface area contributed by atoms with E-state index in [4.69, 9.17) is 0 Å². The van der Waals surface area contributed by atoms with Crippen molar-refractivity contribution in [2.45, 2.75) is 57.8 Å². The maximum Gasteiger partial charge on any atom is 0.416 e. The zero-order chi connectivity index (χ0) is 21.8. The Labute approximate surface area is 170 Å². The van der Waals surface area contributed by atoms with E-state index in [1.165, 1.54) is 17.0 Å². The van der Waals surface area contributed by atoms with E-state index < -0.39 is 11.7 Å². The van der Waals surface area contributed by atoms with Gasteiger partial charge in [0.25, 0.3) is 0 Å². The predicted octanol–water partition coefficient (Wildman–Crippen LogP) is 3.61. The monoisotopic (exact) mass is 413 g/mol. The maximum absolute atomic E-state index is 12.8. The Kier molecular flexibility index (Phi) is 7.32. The fourth-order valence-corrected chi connectivity index (χ4v) is 3.51. The first-order valence-corrected chi connectivity index (χ1v) is 9.83. The Morgan fingerprint density at radius 2 is 1.76 bits per heavy atom. The number of piperidine rings is 1. The molecule has 1 N–H and O–H groups in total. The lowest BCUT2D eigenvalue weighted by molar-refractivity contribution is -0.137. The molecular formula is C21H30F3N3O2. The van der Waals surface area contributed by atoms with Gasteiger partial charge in [-0.25, -0.2) is 0 Å². The molecule has 29 heavy (non-hydrogen) atoms. The number of hydrogen-bond donors (Lipinski definition) is 1. The van der Waals surface area contributed by atoms with Crippen LogP contribution in [0.3, 0.4) is 0 Å². The number of halogens is 3. The van der Waals surface area contributed by atoms with Gasteiger partial charge in [-0.05, 0) is 57.9 Å². The van der Waals surface area contributed by atoms with Crippen LogP contribution in [-0.2, 0) is 15.8 Å². The first-order chi connectivity index (χ1) is 13.4. The standard InChI is InChI=1S/C21H30F3N3O2/c1-20(2,3)25-18(28)13-26(4)19(29)14-27-12-6-5-7-17(27)15-8-10-16(11-9-15)21(22,23)24/h8-11,17H,5-7,12-14H2,1-4H3,(H,25,28). The van der Waals surface area contributed by atoms with E-state index in [0.717, 1.165) is 37.0 Å². The molecule has 1 saturated heterocycles. The summed E-state index contributed by atoms with van der Waals surface area (Å²) >= 11 is 0.